The smallest absolute Gasteiger partial charge is 0.416 e. The summed E-state index contributed by atoms with van der Waals surface area (Å²) in [6.07, 6.45) is -4.95. The summed E-state index contributed by atoms with van der Waals surface area (Å²) < 4.78 is 84.2. The van der Waals surface area contributed by atoms with Crippen LogP contribution in [0.4, 0.5) is 32.0 Å². The number of rotatable bonds is 4. The Labute approximate surface area is 156 Å². The van der Waals surface area contributed by atoms with Gasteiger partial charge in [0.15, 0.2) is 23.1 Å². The van der Waals surface area contributed by atoms with Crippen molar-refractivity contribution in [1.29, 1.82) is 0 Å². The van der Waals surface area contributed by atoms with Crippen LogP contribution in [0.2, 0.25) is 0 Å². The zero-order chi connectivity index (χ0) is 19.6. The van der Waals surface area contributed by atoms with Gasteiger partial charge in [-0.2, -0.15) is 13.2 Å². The standard InChI is InChI=1S/C15H8BrClF6N2O/c16-7-3-11(25-13(24)5-17)12(4-8(7)18)26-14-9(19)1-6(2-10(14)20)15(21,22)23/h1-4H,5H2,(H2,24,25). The molecule has 2 aromatic rings. The van der Waals surface area contributed by atoms with Crippen molar-refractivity contribution in [2.24, 2.45) is 10.7 Å². The molecule has 0 radical (unpaired) electrons. The lowest BCUT2D eigenvalue weighted by Gasteiger charge is -2.13. The largest absolute Gasteiger partial charge is 0.449 e. The van der Waals surface area contributed by atoms with Crippen molar-refractivity contribution in [3.05, 3.63) is 51.8 Å². The van der Waals surface area contributed by atoms with E-state index in [0.717, 1.165) is 12.1 Å². The monoisotopic (exact) mass is 460 g/mol. The number of alkyl halides is 4. The van der Waals surface area contributed by atoms with Crippen molar-refractivity contribution < 1.29 is 31.1 Å². The molecule has 140 valence electrons. The summed E-state index contributed by atoms with van der Waals surface area (Å²) in [5.74, 6) is -6.05. The number of ether oxygens (including phenoxy) is 1. The number of aliphatic imine (C=N–C) groups is 1. The Morgan fingerprint density at radius 1 is 1.08 bits per heavy atom. The van der Waals surface area contributed by atoms with E-state index in [4.69, 9.17) is 22.1 Å². The molecule has 0 saturated carbocycles. The molecule has 0 aliphatic heterocycles. The summed E-state index contributed by atoms with van der Waals surface area (Å²) in [6, 6.07) is 1.96. The fourth-order valence-corrected chi connectivity index (χ4v) is 2.19. The molecule has 0 unspecified atom stereocenters. The Morgan fingerprint density at radius 2 is 1.65 bits per heavy atom. The third-order valence-electron chi connectivity index (χ3n) is 2.94. The summed E-state index contributed by atoms with van der Waals surface area (Å²) in [5, 5.41) is 0. The van der Waals surface area contributed by atoms with Crippen LogP contribution < -0.4 is 10.5 Å². The second kappa shape index (κ2) is 7.75. The molecule has 0 bridgehead atoms. The SMILES string of the molecule is NC(CCl)=Nc1cc(Br)c(F)cc1Oc1c(F)cc(C(F)(F)F)cc1F. The van der Waals surface area contributed by atoms with Crippen LogP contribution in [0.1, 0.15) is 5.56 Å². The van der Waals surface area contributed by atoms with E-state index >= 15 is 0 Å². The zero-order valence-electron chi connectivity index (χ0n) is 12.5. The number of benzene rings is 2. The van der Waals surface area contributed by atoms with Gasteiger partial charge in [-0.25, -0.2) is 18.2 Å². The normalized spacial score (nSPS) is 12.4. The predicted molar refractivity (Wildman–Crippen MR) is 87.5 cm³/mol. The van der Waals surface area contributed by atoms with E-state index in [1.54, 1.807) is 0 Å². The van der Waals surface area contributed by atoms with Gasteiger partial charge in [-0.15, -0.1) is 11.6 Å². The highest BCUT2D eigenvalue weighted by Gasteiger charge is 2.33. The molecule has 0 amide bonds. The van der Waals surface area contributed by atoms with Crippen molar-refractivity contribution in [3.63, 3.8) is 0 Å². The third kappa shape index (κ3) is 4.61. The Morgan fingerprint density at radius 3 is 2.15 bits per heavy atom. The molecule has 11 heteroatoms. The average molecular weight is 462 g/mol. The number of halogens is 8. The summed E-state index contributed by atoms with van der Waals surface area (Å²) >= 11 is 8.38. The van der Waals surface area contributed by atoms with Gasteiger partial charge in [0.1, 0.15) is 17.3 Å². The Bertz CT molecular complexity index is 849. The van der Waals surface area contributed by atoms with E-state index in [1.807, 2.05) is 0 Å². The fraction of sp³-hybridized carbons (Fsp3) is 0.133. The summed E-state index contributed by atoms with van der Waals surface area (Å²) in [5.41, 5.74) is 3.78. The first-order valence-electron chi connectivity index (χ1n) is 6.65. The van der Waals surface area contributed by atoms with Crippen LogP contribution in [0.3, 0.4) is 0 Å². The first kappa shape index (κ1) is 20.4. The van der Waals surface area contributed by atoms with Crippen molar-refractivity contribution in [1.82, 2.24) is 0 Å². The molecule has 26 heavy (non-hydrogen) atoms. The highest BCUT2D eigenvalue weighted by Crippen LogP contribution is 2.39. The summed E-state index contributed by atoms with van der Waals surface area (Å²) in [7, 11) is 0. The zero-order valence-corrected chi connectivity index (χ0v) is 14.8. The lowest BCUT2D eigenvalue weighted by Crippen LogP contribution is -2.12. The molecule has 2 N–H and O–H groups in total. The van der Waals surface area contributed by atoms with Gasteiger partial charge in [-0.05, 0) is 34.1 Å². The molecular weight excluding hydrogens is 454 g/mol. The van der Waals surface area contributed by atoms with Gasteiger partial charge in [-0.1, -0.05) is 0 Å². The maximum absolute atomic E-state index is 13.9. The van der Waals surface area contributed by atoms with Crippen molar-refractivity contribution in [2.75, 3.05) is 5.88 Å². The van der Waals surface area contributed by atoms with Crippen LogP contribution in [-0.4, -0.2) is 11.7 Å². The van der Waals surface area contributed by atoms with Gasteiger partial charge >= 0.3 is 6.18 Å². The molecular formula is C15H8BrClF6N2O. The minimum atomic E-state index is -4.95. The fourth-order valence-electron chi connectivity index (χ4n) is 1.80. The molecule has 0 aliphatic rings. The van der Waals surface area contributed by atoms with Crippen molar-refractivity contribution in [3.8, 4) is 11.5 Å². The van der Waals surface area contributed by atoms with E-state index in [-0.39, 0.29) is 34.0 Å². The number of hydrogen-bond donors (Lipinski definition) is 1. The molecule has 0 fully saturated rings. The Hall–Kier alpha value is -1.94. The van der Waals surface area contributed by atoms with Gasteiger partial charge in [0, 0.05) is 6.07 Å². The molecule has 0 heterocycles. The lowest BCUT2D eigenvalue weighted by molar-refractivity contribution is -0.138. The number of nitrogens with two attached hydrogens (primary N) is 1. The van der Waals surface area contributed by atoms with Gasteiger partial charge in [0.05, 0.1) is 15.9 Å². The van der Waals surface area contributed by atoms with Crippen LogP contribution in [0.25, 0.3) is 0 Å². The molecule has 2 aromatic carbocycles. The summed E-state index contributed by atoms with van der Waals surface area (Å²) in [6.45, 7) is 0. The first-order valence-corrected chi connectivity index (χ1v) is 7.97. The first-order chi connectivity index (χ1) is 12.0. The highest BCUT2D eigenvalue weighted by molar-refractivity contribution is 9.10. The number of nitrogens with zero attached hydrogens (tertiary/aromatic N) is 1. The molecule has 0 aliphatic carbocycles. The lowest BCUT2D eigenvalue weighted by atomic mass is 10.2. The molecule has 3 nitrogen and oxygen atoms in total. The second-order valence-electron chi connectivity index (χ2n) is 4.84. The van der Waals surface area contributed by atoms with Crippen molar-refractivity contribution >= 4 is 39.1 Å². The predicted octanol–water partition coefficient (Wildman–Crippen LogP) is 5.91. The maximum Gasteiger partial charge on any atom is 0.416 e. The Kier molecular flexibility index (Phi) is 6.07. The van der Waals surface area contributed by atoms with E-state index in [0.29, 0.717) is 0 Å². The third-order valence-corrected chi connectivity index (χ3v) is 3.82. The second-order valence-corrected chi connectivity index (χ2v) is 5.96. The van der Waals surface area contributed by atoms with Gasteiger partial charge in [0.25, 0.3) is 0 Å². The van der Waals surface area contributed by atoms with Crippen LogP contribution in [0.15, 0.2) is 33.7 Å². The number of hydrogen-bond acceptors (Lipinski definition) is 2. The molecule has 0 aromatic heterocycles. The minimum Gasteiger partial charge on any atom is -0.449 e. The molecule has 2 rings (SSSR count). The minimum absolute atomic E-state index is 0.0562. The quantitative estimate of drug-likeness (QED) is 0.267. The van der Waals surface area contributed by atoms with Gasteiger partial charge in [0.2, 0.25) is 0 Å². The van der Waals surface area contributed by atoms with E-state index in [1.165, 1.54) is 0 Å². The summed E-state index contributed by atoms with van der Waals surface area (Å²) in [4.78, 5) is 3.81. The highest BCUT2D eigenvalue weighted by atomic mass is 79.9. The molecule has 0 atom stereocenters. The van der Waals surface area contributed by atoms with Crippen LogP contribution >= 0.6 is 27.5 Å². The maximum atomic E-state index is 13.9. The molecule has 0 spiro atoms. The van der Waals surface area contributed by atoms with E-state index in [9.17, 15) is 26.3 Å². The van der Waals surface area contributed by atoms with Crippen LogP contribution in [0, 0.1) is 17.5 Å². The topological polar surface area (TPSA) is 47.6 Å². The van der Waals surface area contributed by atoms with Gasteiger partial charge in [-0.3, -0.25) is 0 Å². The average Bonchev–Trinajstić information content (AvgIpc) is 2.53. The van der Waals surface area contributed by atoms with Gasteiger partial charge < -0.3 is 10.5 Å². The van der Waals surface area contributed by atoms with E-state index in [2.05, 4.69) is 20.9 Å². The van der Waals surface area contributed by atoms with Crippen LogP contribution in [0.5, 0.6) is 11.5 Å². The van der Waals surface area contributed by atoms with Crippen LogP contribution in [-0.2, 0) is 6.18 Å². The number of amidine groups is 1. The molecule has 0 saturated heterocycles. The van der Waals surface area contributed by atoms with E-state index < -0.39 is 40.7 Å². The van der Waals surface area contributed by atoms with Crippen molar-refractivity contribution in [2.45, 2.75) is 6.18 Å². The Balaban J connectivity index is 2.53.